The molecule has 1 aromatic carbocycles. The molecule has 3 aromatic heterocycles. The lowest BCUT2D eigenvalue weighted by Crippen LogP contribution is -2.25. The van der Waals surface area contributed by atoms with Crippen molar-refractivity contribution in [2.24, 2.45) is 0 Å². The van der Waals surface area contributed by atoms with Crippen LogP contribution < -0.4 is 5.32 Å². The molecule has 1 N–H and O–H groups in total. The van der Waals surface area contributed by atoms with Gasteiger partial charge in [-0.25, -0.2) is 9.97 Å². The number of amides is 1. The minimum Gasteiger partial charge on any atom is -0.352 e. The van der Waals surface area contributed by atoms with E-state index in [0.29, 0.717) is 12.1 Å². The summed E-state index contributed by atoms with van der Waals surface area (Å²) >= 11 is 0. The third-order valence-corrected chi connectivity index (χ3v) is 4.58. The molecule has 142 valence electrons. The van der Waals surface area contributed by atoms with Gasteiger partial charge in [-0.1, -0.05) is 30.3 Å². The number of imidazole rings is 1. The first kappa shape index (κ1) is 17.9. The minimum absolute atomic E-state index is 0.0941. The van der Waals surface area contributed by atoms with Crippen LogP contribution in [0.3, 0.4) is 0 Å². The summed E-state index contributed by atoms with van der Waals surface area (Å²) < 4.78 is 3.75. The molecule has 4 aromatic rings. The van der Waals surface area contributed by atoms with Crippen molar-refractivity contribution in [3.05, 3.63) is 72.1 Å². The number of pyridine rings is 1. The highest BCUT2D eigenvalue weighted by Gasteiger charge is 2.09. The summed E-state index contributed by atoms with van der Waals surface area (Å²) in [5.74, 6) is 1.57. The largest absolute Gasteiger partial charge is 0.352 e. The van der Waals surface area contributed by atoms with Crippen LogP contribution in [0.5, 0.6) is 0 Å². The van der Waals surface area contributed by atoms with Crippen LogP contribution in [0.2, 0.25) is 0 Å². The number of benzene rings is 1. The van der Waals surface area contributed by atoms with Gasteiger partial charge in [0.2, 0.25) is 0 Å². The number of fused-ring (bicyclic) bond motifs is 1. The smallest absolute Gasteiger partial charge is 0.252 e. The maximum atomic E-state index is 12.5. The zero-order valence-corrected chi connectivity index (χ0v) is 16.0. The predicted octanol–water partition coefficient (Wildman–Crippen LogP) is 3.03. The Morgan fingerprint density at radius 3 is 2.61 bits per heavy atom. The molecule has 7 heteroatoms. The summed E-state index contributed by atoms with van der Waals surface area (Å²) in [5, 5.41) is 7.29. The maximum absolute atomic E-state index is 12.5. The first-order valence-corrected chi connectivity index (χ1v) is 9.30. The molecule has 0 radical (unpaired) electrons. The monoisotopic (exact) mass is 374 g/mol. The molecule has 28 heavy (non-hydrogen) atoms. The fourth-order valence-corrected chi connectivity index (χ4v) is 3.18. The Morgan fingerprint density at radius 2 is 1.86 bits per heavy atom. The topological polar surface area (TPSA) is 77.1 Å². The van der Waals surface area contributed by atoms with Crippen molar-refractivity contribution < 1.29 is 4.79 Å². The Labute approximate surface area is 163 Å². The molecule has 7 nitrogen and oxygen atoms in total. The van der Waals surface area contributed by atoms with E-state index >= 15 is 0 Å². The SMILES string of the molecule is Cc1nc(C)n(CCCNC(=O)c2ccc3nc(-c4ccccc4)cn3c2)n1. The Morgan fingerprint density at radius 1 is 1.04 bits per heavy atom. The molecule has 0 bridgehead atoms. The van der Waals surface area contributed by atoms with Gasteiger partial charge in [0.1, 0.15) is 17.3 Å². The summed E-state index contributed by atoms with van der Waals surface area (Å²) in [6, 6.07) is 13.7. The summed E-state index contributed by atoms with van der Waals surface area (Å²) in [5.41, 5.74) is 3.36. The van der Waals surface area contributed by atoms with Crippen molar-refractivity contribution in [3.63, 3.8) is 0 Å². The van der Waals surface area contributed by atoms with E-state index in [4.69, 9.17) is 0 Å². The van der Waals surface area contributed by atoms with Crippen molar-refractivity contribution in [1.82, 2.24) is 29.5 Å². The Hall–Kier alpha value is -3.48. The van der Waals surface area contributed by atoms with Crippen LogP contribution in [0.4, 0.5) is 0 Å². The lowest BCUT2D eigenvalue weighted by molar-refractivity contribution is 0.0952. The van der Waals surface area contributed by atoms with E-state index in [9.17, 15) is 4.79 Å². The fraction of sp³-hybridized carbons (Fsp3) is 0.238. The van der Waals surface area contributed by atoms with Gasteiger partial charge in [-0.15, -0.1) is 0 Å². The highest BCUT2D eigenvalue weighted by Crippen LogP contribution is 2.19. The lowest BCUT2D eigenvalue weighted by atomic mass is 10.2. The number of aryl methyl sites for hydroxylation is 3. The average molecular weight is 374 g/mol. The molecule has 0 aliphatic carbocycles. The van der Waals surface area contributed by atoms with E-state index in [2.05, 4.69) is 20.4 Å². The van der Waals surface area contributed by atoms with Gasteiger partial charge in [0.05, 0.1) is 11.3 Å². The van der Waals surface area contributed by atoms with Crippen LogP contribution in [0, 0.1) is 13.8 Å². The lowest BCUT2D eigenvalue weighted by Gasteiger charge is -2.06. The van der Waals surface area contributed by atoms with Gasteiger partial charge in [0.15, 0.2) is 0 Å². The van der Waals surface area contributed by atoms with Crippen molar-refractivity contribution in [2.45, 2.75) is 26.8 Å². The van der Waals surface area contributed by atoms with Crippen molar-refractivity contribution >= 4 is 11.6 Å². The van der Waals surface area contributed by atoms with Gasteiger partial charge in [-0.05, 0) is 32.4 Å². The average Bonchev–Trinajstić information content (AvgIpc) is 3.27. The molecule has 0 unspecified atom stereocenters. The zero-order chi connectivity index (χ0) is 19.5. The summed E-state index contributed by atoms with van der Waals surface area (Å²) in [6.45, 7) is 5.12. The number of nitrogens with one attached hydrogen (secondary N) is 1. The fourth-order valence-electron chi connectivity index (χ4n) is 3.18. The van der Waals surface area contributed by atoms with Gasteiger partial charge < -0.3 is 9.72 Å². The number of rotatable bonds is 6. The number of carbonyl (C=O) groups is 1. The van der Waals surface area contributed by atoms with Crippen LogP contribution in [0.25, 0.3) is 16.9 Å². The van der Waals surface area contributed by atoms with Crippen LogP contribution >= 0.6 is 0 Å². The van der Waals surface area contributed by atoms with E-state index in [-0.39, 0.29) is 5.91 Å². The van der Waals surface area contributed by atoms with Gasteiger partial charge in [0, 0.05) is 31.0 Å². The standard InChI is InChI=1S/C21H22N6O/c1-15-23-16(2)27(25-15)12-6-11-22-21(28)18-9-10-20-24-19(14-26(20)13-18)17-7-4-3-5-8-17/h3-5,7-10,13-14H,6,11-12H2,1-2H3,(H,22,28). The zero-order valence-electron chi connectivity index (χ0n) is 16.0. The predicted molar refractivity (Wildman–Crippen MR) is 107 cm³/mol. The molecular weight excluding hydrogens is 352 g/mol. The van der Waals surface area contributed by atoms with Crippen LogP contribution in [0.15, 0.2) is 54.9 Å². The molecule has 0 spiro atoms. The molecule has 4 rings (SSSR count). The van der Waals surface area contributed by atoms with E-state index in [1.165, 1.54) is 0 Å². The Bertz CT molecular complexity index is 1110. The third kappa shape index (κ3) is 3.78. The quantitative estimate of drug-likeness (QED) is 0.526. The Balaban J connectivity index is 1.39. The molecule has 0 saturated heterocycles. The van der Waals surface area contributed by atoms with E-state index in [1.54, 1.807) is 6.07 Å². The number of hydrogen-bond acceptors (Lipinski definition) is 4. The molecule has 3 heterocycles. The summed E-state index contributed by atoms with van der Waals surface area (Å²) in [4.78, 5) is 21.4. The Kier molecular flexibility index (Phi) is 4.89. The molecule has 0 saturated carbocycles. The summed E-state index contributed by atoms with van der Waals surface area (Å²) in [6.07, 6.45) is 4.55. The molecule has 0 aliphatic rings. The van der Waals surface area contributed by atoms with E-state index in [1.807, 2.05) is 71.7 Å². The number of aromatic nitrogens is 5. The molecule has 1 amide bonds. The highest BCUT2D eigenvalue weighted by atomic mass is 16.1. The van der Waals surface area contributed by atoms with Crippen molar-refractivity contribution in [2.75, 3.05) is 6.54 Å². The molecule has 0 aliphatic heterocycles. The van der Waals surface area contributed by atoms with Crippen LogP contribution in [0.1, 0.15) is 28.4 Å². The molecule has 0 fully saturated rings. The third-order valence-electron chi connectivity index (χ3n) is 4.58. The van der Waals surface area contributed by atoms with Gasteiger partial charge in [0.25, 0.3) is 5.91 Å². The van der Waals surface area contributed by atoms with E-state index in [0.717, 1.165) is 41.5 Å². The number of nitrogens with zero attached hydrogens (tertiary/aromatic N) is 5. The van der Waals surface area contributed by atoms with Gasteiger partial charge in [-0.3, -0.25) is 9.48 Å². The second-order valence-electron chi connectivity index (χ2n) is 6.71. The molecular formula is C21H22N6O. The van der Waals surface area contributed by atoms with Crippen molar-refractivity contribution in [1.29, 1.82) is 0 Å². The van der Waals surface area contributed by atoms with Gasteiger partial charge in [-0.2, -0.15) is 5.10 Å². The minimum atomic E-state index is -0.0941. The normalized spacial score (nSPS) is 11.1. The van der Waals surface area contributed by atoms with Crippen LogP contribution in [-0.2, 0) is 6.54 Å². The summed E-state index contributed by atoms with van der Waals surface area (Å²) in [7, 11) is 0. The van der Waals surface area contributed by atoms with Crippen LogP contribution in [-0.4, -0.2) is 36.6 Å². The second kappa shape index (κ2) is 7.64. The second-order valence-corrected chi connectivity index (χ2v) is 6.71. The first-order valence-electron chi connectivity index (χ1n) is 9.30. The molecule has 0 atom stereocenters. The number of carbonyl (C=O) groups excluding carboxylic acids is 1. The number of hydrogen-bond donors (Lipinski definition) is 1. The maximum Gasteiger partial charge on any atom is 0.252 e. The highest BCUT2D eigenvalue weighted by molar-refractivity contribution is 5.94. The van der Waals surface area contributed by atoms with Crippen molar-refractivity contribution in [3.8, 4) is 11.3 Å². The van der Waals surface area contributed by atoms with Gasteiger partial charge >= 0.3 is 0 Å². The first-order chi connectivity index (χ1) is 13.6. The van der Waals surface area contributed by atoms with E-state index < -0.39 is 0 Å².